The quantitative estimate of drug-likeness (QED) is 0.917. The van der Waals surface area contributed by atoms with Gasteiger partial charge in [0.05, 0.1) is 0 Å². The first kappa shape index (κ1) is 15.3. The average Bonchev–Trinajstić information content (AvgIpc) is 2.83. The molecule has 2 N–H and O–H groups in total. The zero-order valence-corrected chi connectivity index (χ0v) is 12.7. The SMILES string of the molecule is Cc1noc(C)c1N(C)C(=O)CC[C@@H](N)c1ccccc1. The molecule has 0 aliphatic heterocycles. The minimum atomic E-state index is -0.131. The minimum absolute atomic E-state index is 0.00998. The molecule has 0 aliphatic carbocycles. The fourth-order valence-corrected chi connectivity index (χ4v) is 2.40. The molecule has 0 spiro atoms. The van der Waals surface area contributed by atoms with Crippen LogP contribution in [0.4, 0.5) is 5.69 Å². The zero-order valence-electron chi connectivity index (χ0n) is 12.7. The summed E-state index contributed by atoms with van der Waals surface area (Å²) in [5.74, 6) is 0.659. The van der Waals surface area contributed by atoms with Gasteiger partial charge < -0.3 is 15.2 Å². The fraction of sp³-hybridized carbons (Fsp3) is 0.375. The Bertz CT molecular complexity index is 588. The van der Waals surface area contributed by atoms with E-state index in [9.17, 15) is 4.79 Å². The first-order valence-electron chi connectivity index (χ1n) is 7.00. The Hall–Kier alpha value is -2.14. The Morgan fingerprint density at radius 2 is 2.00 bits per heavy atom. The maximum Gasteiger partial charge on any atom is 0.226 e. The molecule has 1 atom stereocenters. The number of rotatable bonds is 5. The van der Waals surface area contributed by atoms with E-state index in [1.54, 1.807) is 18.9 Å². The van der Waals surface area contributed by atoms with Crippen LogP contribution in [0.25, 0.3) is 0 Å². The lowest BCUT2D eigenvalue weighted by Gasteiger charge is -2.18. The normalized spacial score (nSPS) is 12.2. The minimum Gasteiger partial charge on any atom is -0.359 e. The molecule has 2 rings (SSSR count). The molecule has 5 nitrogen and oxygen atoms in total. The topological polar surface area (TPSA) is 72.4 Å². The van der Waals surface area contributed by atoms with E-state index in [0.29, 0.717) is 18.6 Å². The number of carbonyl (C=O) groups is 1. The summed E-state index contributed by atoms with van der Waals surface area (Å²) in [5, 5.41) is 3.87. The van der Waals surface area contributed by atoms with Gasteiger partial charge in [0.2, 0.25) is 5.91 Å². The molecule has 0 fully saturated rings. The van der Waals surface area contributed by atoms with Gasteiger partial charge in [-0.2, -0.15) is 0 Å². The number of benzene rings is 1. The standard InChI is InChI=1S/C16H21N3O2/c1-11-16(12(2)21-18-11)19(3)15(20)10-9-14(17)13-7-5-4-6-8-13/h4-8,14H,9-10,17H2,1-3H3/t14-/m1/s1. The first-order chi connectivity index (χ1) is 10.0. The van der Waals surface area contributed by atoms with Crippen LogP contribution in [0.1, 0.15) is 35.9 Å². The summed E-state index contributed by atoms with van der Waals surface area (Å²) in [6.45, 7) is 3.63. The number of aromatic nitrogens is 1. The van der Waals surface area contributed by atoms with E-state index in [0.717, 1.165) is 16.9 Å². The average molecular weight is 287 g/mol. The van der Waals surface area contributed by atoms with Crippen molar-refractivity contribution in [2.75, 3.05) is 11.9 Å². The lowest BCUT2D eigenvalue weighted by atomic mass is 10.0. The van der Waals surface area contributed by atoms with Crippen LogP contribution in [0.5, 0.6) is 0 Å². The van der Waals surface area contributed by atoms with Crippen LogP contribution in [-0.4, -0.2) is 18.1 Å². The largest absolute Gasteiger partial charge is 0.359 e. The highest BCUT2D eigenvalue weighted by Crippen LogP contribution is 2.24. The summed E-state index contributed by atoms with van der Waals surface area (Å²) in [7, 11) is 1.74. The van der Waals surface area contributed by atoms with Gasteiger partial charge in [0, 0.05) is 19.5 Å². The second kappa shape index (κ2) is 6.54. The van der Waals surface area contributed by atoms with Gasteiger partial charge in [-0.25, -0.2) is 0 Å². The van der Waals surface area contributed by atoms with Crippen molar-refractivity contribution in [1.82, 2.24) is 5.16 Å². The smallest absolute Gasteiger partial charge is 0.226 e. The molecule has 1 aromatic heterocycles. The lowest BCUT2D eigenvalue weighted by molar-refractivity contribution is -0.118. The van der Waals surface area contributed by atoms with Crippen LogP contribution in [0.3, 0.4) is 0 Å². The van der Waals surface area contributed by atoms with Gasteiger partial charge in [-0.1, -0.05) is 35.5 Å². The van der Waals surface area contributed by atoms with Crippen molar-refractivity contribution in [3.63, 3.8) is 0 Å². The number of amides is 1. The molecular formula is C16H21N3O2. The van der Waals surface area contributed by atoms with Crippen LogP contribution in [-0.2, 0) is 4.79 Å². The Morgan fingerprint density at radius 3 is 2.57 bits per heavy atom. The molecule has 2 aromatic rings. The maximum atomic E-state index is 12.3. The van der Waals surface area contributed by atoms with Crippen molar-refractivity contribution < 1.29 is 9.32 Å². The monoisotopic (exact) mass is 287 g/mol. The second-order valence-electron chi connectivity index (χ2n) is 5.18. The molecule has 112 valence electrons. The summed E-state index contributed by atoms with van der Waals surface area (Å²) in [6.07, 6.45) is 0.993. The van der Waals surface area contributed by atoms with Crippen LogP contribution in [0.15, 0.2) is 34.9 Å². The van der Waals surface area contributed by atoms with Crippen molar-refractivity contribution in [2.24, 2.45) is 5.73 Å². The lowest BCUT2D eigenvalue weighted by Crippen LogP contribution is -2.28. The van der Waals surface area contributed by atoms with E-state index in [1.807, 2.05) is 37.3 Å². The molecule has 0 unspecified atom stereocenters. The third kappa shape index (κ3) is 3.49. The molecular weight excluding hydrogens is 266 g/mol. The summed E-state index contributed by atoms with van der Waals surface area (Å²) < 4.78 is 5.09. The van der Waals surface area contributed by atoms with E-state index in [2.05, 4.69) is 5.16 Å². The van der Waals surface area contributed by atoms with E-state index in [4.69, 9.17) is 10.3 Å². The molecule has 1 heterocycles. The molecule has 1 aromatic carbocycles. The molecule has 0 bridgehead atoms. The highest BCUT2D eigenvalue weighted by molar-refractivity contribution is 5.93. The van der Waals surface area contributed by atoms with Gasteiger partial charge in [-0.05, 0) is 25.8 Å². The van der Waals surface area contributed by atoms with Crippen molar-refractivity contribution in [2.45, 2.75) is 32.7 Å². The van der Waals surface area contributed by atoms with Crippen molar-refractivity contribution in [1.29, 1.82) is 0 Å². The Labute approximate surface area is 124 Å². The van der Waals surface area contributed by atoms with Crippen molar-refractivity contribution >= 4 is 11.6 Å². The molecule has 21 heavy (non-hydrogen) atoms. The molecule has 5 heteroatoms. The predicted octanol–water partition coefficient (Wildman–Crippen LogP) is 2.73. The third-order valence-corrected chi connectivity index (χ3v) is 3.60. The van der Waals surface area contributed by atoms with Gasteiger partial charge >= 0.3 is 0 Å². The maximum absolute atomic E-state index is 12.3. The molecule has 0 saturated carbocycles. The van der Waals surface area contributed by atoms with Gasteiger partial charge in [0.1, 0.15) is 11.4 Å². The van der Waals surface area contributed by atoms with E-state index >= 15 is 0 Å². The van der Waals surface area contributed by atoms with Crippen LogP contribution >= 0.6 is 0 Å². The van der Waals surface area contributed by atoms with Gasteiger partial charge in [0.25, 0.3) is 0 Å². The summed E-state index contributed by atoms with van der Waals surface area (Å²) in [4.78, 5) is 13.9. The summed E-state index contributed by atoms with van der Waals surface area (Å²) in [5.41, 5.74) is 8.63. The molecule has 0 saturated heterocycles. The second-order valence-corrected chi connectivity index (χ2v) is 5.18. The number of hydrogen-bond acceptors (Lipinski definition) is 4. The number of carbonyl (C=O) groups excluding carboxylic acids is 1. The van der Waals surface area contributed by atoms with Gasteiger partial charge in [-0.15, -0.1) is 0 Å². The molecule has 0 aliphatic rings. The zero-order chi connectivity index (χ0) is 15.4. The summed E-state index contributed by atoms with van der Waals surface area (Å²) >= 11 is 0. The number of anilines is 1. The fourth-order valence-electron chi connectivity index (χ4n) is 2.40. The highest BCUT2D eigenvalue weighted by Gasteiger charge is 2.20. The van der Waals surface area contributed by atoms with Gasteiger partial charge in [0.15, 0.2) is 5.76 Å². The first-order valence-corrected chi connectivity index (χ1v) is 7.00. The predicted molar refractivity (Wildman–Crippen MR) is 82.0 cm³/mol. The van der Waals surface area contributed by atoms with Crippen molar-refractivity contribution in [3.8, 4) is 0 Å². The van der Waals surface area contributed by atoms with Crippen LogP contribution in [0, 0.1) is 13.8 Å². The van der Waals surface area contributed by atoms with E-state index < -0.39 is 0 Å². The van der Waals surface area contributed by atoms with E-state index in [1.165, 1.54) is 0 Å². The Balaban J connectivity index is 1.96. The summed E-state index contributed by atoms with van der Waals surface area (Å²) in [6, 6.07) is 9.68. The Morgan fingerprint density at radius 1 is 1.33 bits per heavy atom. The molecule has 0 radical (unpaired) electrons. The Kier molecular flexibility index (Phi) is 4.75. The number of aryl methyl sites for hydroxylation is 2. The third-order valence-electron chi connectivity index (χ3n) is 3.60. The van der Waals surface area contributed by atoms with E-state index in [-0.39, 0.29) is 11.9 Å². The number of nitrogens with two attached hydrogens (primary N) is 1. The molecule has 1 amide bonds. The highest BCUT2D eigenvalue weighted by atomic mass is 16.5. The van der Waals surface area contributed by atoms with Crippen LogP contribution in [0.2, 0.25) is 0 Å². The number of nitrogens with zero attached hydrogens (tertiary/aromatic N) is 2. The van der Waals surface area contributed by atoms with Crippen LogP contribution < -0.4 is 10.6 Å². The number of hydrogen-bond donors (Lipinski definition) is 1. The van der Waals surface area contributed by atoms with Crippen molar-refractivity contribution in [3.05, 3.63) is 47.3 Å². The van der Waals surface area contributed by atoms with Gasteiger partial charge in [-0.3, -0.25) is 4.79 Å².